The maximum absolute atomic E-state index is 4.77. The molecular formula is C14H18N4. The van der Waals surface area contributed by atoms with Crippen molar-refractivity contribution < 1.29 is 0 Å². The molecule has 94 valence electrons. The number of pyridine rings is 1. The second-order valence-corrected chi connectivity index (χ2v) is 4.91. The average Bonchev–Trinajstić information content (AvgIpc) is 2.87. The van der Waals surface area contributed by atoms with Crippen LogP contribution in [0.1, 0.15) is 30.1 Å². The van der Waals surface area contributed by atoms with E-state index >= 15 is 0 Å². The zero-order chi connectivity index (χ0) is 12.4. The minimum absolute atomic E-state index is 0.589. The highest BCUT2D eigenvalue weighted by Gasteiger charge is 2.17. The van der Waals surface area contributed by atoms with Crippen LogP contribution in [0.2, 0.25) is 0 Å². The first-order valence-corrected chi connectivity index (χ1v) is 6.53. The van der Waals surface area contributed by atoms with Crippen LogP contribution in [0.15, 0.2) is 24.3 Å². The highest BCUT2D eigenvalue weighted by molar-refractivity contribution is 5.54. The van der Waals surface area contributed by atoms with Gasteiger partial charge in [-0.15, -0.1) is 0 Å². The molecule has 0 bridgehead atoms. The first-order chi connectivity index (χ1) is 8.83. The number of piperidine rings is 1. The summed E-state index contributed by atoms with van der Waals surface area (Å²) >= 11 is 0. The Balaban J connectivity index is 1.88. The van der Waals surface area contributed by atoms with Crippen molar-refractivity contribution in [3.05, 3.63) is 35.7 Å². The summed E-state index contributed by atoms with van der Waals surface area (Å²) in [5, 5.41) is 10.6. The van der Waals surface area contributed by atoms with Gasteiger partial charge in [-0.2, -0.15) is 5.10 Å². The van der Waals surface area contributed by atoms with Crippen molar-refractivity contribution in [3.63, 3.8) is 0 Å². The van der Waals surface area contributed by atoms with E-state index in [1.54, 1.807) is 0 Å². The highest BCUT2D eigenvalue weighted by atomic mass is 15.1. The zero-order valence-electron chi connectivity index (χ0n) is 10.6. The molecule has 1 aliphatic rings. The second-order valence-electron chi connectivity index (χ2n) is 4.91. The quantitative estimate of drug-likeness (QED) is 0.849. The van der Waals surface area contributed by atoms with Crippen molar-refractivity contribution in [2.75, 3.05) is 13.1 Å². The number of rotatable bonds is 2. The van der Waals surface area contributed by atoms with Gasteiger partial charge in [0.2, 0.25) is 0 Å². The number of nitrogens with zero attached hydrogens (tertiary/aromatic N) is 2. The average molecular weight is 242 g/mol. The van der Waals surface area contributed by atoms with E-state index in [2.05, 4.69) is 27.6 Å². The number of aromatic nitrogens is 3. The van der Waals surface area contributed by atoms with Crippen LogP contribution in [-0.2, 0) is 0 Å². The van der Waals surface area contributed by atoms with Gasteiger partial charge in [0.05, 0.1) is 5.69 Å². The molecule has 0 atom stereocenters. The first-order valence-electron chi connectivity index (χ1n) is 6.53. The summed E-state index contributed by atoms with van der Waals surface area (Å²) < 4.78 is 0. The van der Waals surface area contributed by atoms with Gasteiger partial charge in [0.25, 0.3) is 0 Å². The molecule has 2 N–H and O–H groups in total. The number of H-pyrrole nitrogens is 1. The Hall–Kier alpha value is -1.68. The van der Waals surface area contributed by atoms with Crippen LogP contribution in [0.4, 0.5) is 0 Å². The number of hydrogen-bond donors (Lipinski definition) is 2. The van der Waals surface area contributed by atoms with Crippen LogP contribution in [0.25, 0.3) is 11.4 Å². The predicted octanol–water partition coefficient (Wildman–Crippen LogP) is 2.25. The molecule has 4 nitrogen and oxygen atoms in total. The summed E-state index contributed by atoms with van der Waals surface area (Å²) in [5.41, 5.74) is 4.17. The number of hydrogen-bond acceptors (Lipinski definition) is 3. The fourth-order valence-corrected chi connectivity index (χ4v) is 2.49. The molecule has 18 heavy (non-hydrogen) atoms. The minimum Gasteiger partial charge on any atom is -0.317 e. The molecule has 0 radical (unpaired) electrons. The van der Waals surface area contributed by atoms with Crippen molar-refractivity contribution >= 4 is 0 Å². The fraction of sp³-hybridized carbons (Fsp3) is 0.429. The molecule has 3 heterocycles. The van der Waals surface area contributed by atoms with Crippen molar-refractivity contribution in [1.82, 2.24) is 20.5 Å². The normalized spacial score (nSPS) is 16.9. The lowest BCUT2D eigenvalue weighted by atomic mass is 9.94. The summed E-state index contributed by atoms with van der Waals surface area (Å²) in [6.45, 7) is 4.20. The Morgan fingerprint density at radius 2 is 2.00 bits per heavy atom. The van der Waals surface area contributed by atoms with Gasteiger partial charge in [-0.05, 0) is 51.1 Å². The highest BCUT2D eigenvalue weighted by Crippen LogP contribution is 2.25. The van der Waals surface area contributed by atoms with Crippen LogP contribution >= 0.6 is 0 Å². The molecular weight excluding hydrogens is 224 g/mol. The molecule has 0 aromatic carbocycles. The molecule has 1 saturated heterocycles. The number of nitrogens with one attached hydrogen (secondary N) is 2. The lowest BCUT2D eigenvalue weighted by Crippen LogP contribution is -2.27. The van der Waals surface area contributed by atoms with E-state index in [1.807, 2.05) is 19.1 Å². The van der Waals surface area contributed by atoms with Gasteiger partial charge in [-0.3, -0.25) is 10.1 Å². The summed E-state index contributed by atoms with van der Waals surface area (Å²) in [7, 11) is 0. The van der Waals surface area contributed by atoms with E-state index in [0.717, 1.165) is 30.2 Å². The van der Waals surface area contributed by atoms with Crippen molar-refractivity contribution in [2.45, 2.75) is 25.7 Å². The Labute approximate surface area is 107 Å². The Morgan fingerprint density at radius 3 is 2.72 bits per heavy atom. The fourth-order valence-electron chi connectivity index (χ4n) is 2.49. The van der Waals surface area contributed by atoms with Gasteiger partial charge in [-0.25, -0.2) is 0 Å². The van der Waals surface area contributed by atoms with E-state index in [0.29, 0.717) is 5.92 Å². The molecule has 0 unspecified atom stereocenters. The lowest BCUT2D eigenvalue weighted by Gasteiger charge is -2.22. The minimum atomic E-state index is 0.589. The zero-order valence-corrected chi connectivity index (χ0v) is 10.6. The predicted molar refractivity (Wildman–Crippen MR) is 71.4 cm³/mol. The molecule has 2 aromatic heterocycles. The molecule has 1 fully saturated rings. The topological polar surface area (TPSA) is 53.6 Å². The maximum atomic E-state index is 4.77. The molecule has 0 amide bonds. The number of aromatic amines is 1. The van der Waals surface area contributed by atoms with Gasteiger partial charge in [0.1, 0.15) is 5.69 Å². The van der Waals surface area contributed by atoms with Crippen molar-refractivity contribution in [2.24, 2.45) is 0 Å². The summed E-state index contributed by atoms with van der Waals surface area (Å²) in [5.74, 6) is 0.589. The Kier molecular flexibility index (Phi) is 3.11. The van der Waals surface area contributed by atoms with E-state index in [4.69, 9.17) is 4.98 Å². The van der Waals surface area contributed by atoms with Gasteiger partial charge < -0.3 is 5.32 Å². The third kappa shape index (κ3) is 2.29. The van der Waals surface area contributed by atoms with Crippen LogP contribution in [0, 0.1) is 6.92 Å². The molecule has 0 spiro atoms. The van der Waals surface area contributed by atoms with Crippen molar-refractivity contribution in [3.8, 4) is 11.4 Å². The molecule has 1 aliphatic heterocycles. The Morgan fingerprint density at radius 1 is 1.17 bits per heavy atom. The Bertz CT molecular complexity index is 526. The van der Waals surface area contributed by atoms with E-state index in [1.165, 1.54) is 18.5 Å². The smallest absolute Gasteiger partial charge is 0.111 e. The molecule has 2 aromatic rings. The second kappa shape index (κ2) is 4.90. The van der Waals surface area contributed by atoms with Gasteiger partial charge >= 0.3 is 0 Å². The third-order valence-corrected chi connectivity index (χ3v) is 3.50. The van der Waals surface area contributed by atoms with Gasteiger partial charge in [-0.1, -0.05) is 6.07 Å². The summed E-state index contributed by atoms with van der Waals surface area (Å²) in [6, 6.07) is 8.29. The van der Waals surface area contributed by atoms with Crippen LogP contribution < -0.4 is 5.32 Å². The van der Waals surface area contributed by atoms with Crippen LogP contribution in [0.5, 0.6) is 0 Å². The van der Waals surface area contributed by atoms with Gasteiger partial charge in [0, 0.05) is 17.3 Å². The summed E-state index contributed by atoms with van der Waals surface area (Å²) in [4.78, 5) is 4.77. The lowest BCUT2D eigenvalue weighted by molar-refractivity contribution is 0.453. The van der Waals surface area contributed by atoms with E-state index in [9.17, 15) is 0 Å². The van der Waals surface area contributed by atoms with Crippen LogP contribution in [0.3, 0.4) is 0 Å². The van der Waals surface area contributed by atoms with Gasteiger partial charge in [0.15, 0.2) is 0 Å². The van der Waals surface area contributed by atoms with E-state index in [-0.39, 0.29) is 0 Å². The molecule has 3 rings (SSSR count). The third-order valence-electron chi connectivity index (χ3n) is 3.50. The standard InChI is InChI=1S/C14H18N4/c1-10-9-14(18-17-10)13-4-2-3-12(16-13)11-5-7-15-8-6-11/h2-4,9,11,15H,5-8H2,1H3,(H,17,18). The van der Waals surface area contributed by atoms with Crippen molar-refractivity contribution in [1.29, 1.82) is 0 Å². The molecule has 4 heteroatoms. The number of aryl methyl sites for hydroxylation is 1. The molecule has 0 aliphatic carbocycles. The largest absolute Gasteiger partial charge is 0.317 e. The maximum Gasteiger partial charge on any atom is 0.111 e. The SMILES string of the molecule is Cc1cc(-c2cccc(C3CCNCC3)n2)n[nH]1. The van der Waals surface area contributed by atoms with E-state index < -0.39 is 0 Å². The first kappa shape index (κ1) is 11.4. The monoisotopic (exact) mass is 242 g/mol. The molecule has 0 saturated carbocycles. The van der Waals surface area contributed by atoms with Crippen LogP contribution in [-0.4, -0.2) is 28.3 Å². The summed E-state index contributed by atoms with van der Waals surface area (Å²) in [6.07, 6.45) is 2.35.